The molecule has 35 heavy (non-hydrogen) atoms. The molecular weight excluding hydrogens is 440 g/mol. The van der Waals surface area contributed by atoms with Gasteiger partial charge in [-0.3, -0.25) is 0 Å². The fourth-order valence-electron chi connectivity index (χ4n) is 4.60. The van der Waals surface area contributed by atoms with Crippen LogP contribution in [0.4, 0.5) is 5.69 Å². The topological polar surface area (TPSA) is 74.2 Å². The SMILES string of the molecule is COCc1cc(C(O)CNC(C)CCCCOCCCc2ccc(N3CCCC3)cc2)ccc1O. The lowest BCUT2D eigenvalue weighted by Crippen LogP contribution is -2.30. The highest BCUT2D eigenvalue weighted by molar-refractivity contribution is 5.48. The van der Waals surface area contributed by atoms with Gasteiger partial charge in [-0.1, -0.05) is 18.2 Å². The van der Waals surface area contributed by atoms with Gasteiger partial charge in [-0.25, -0.2) is 0 Å². The van der Waals surface area contributed by atoms with Crippen molar-refractivity contribution >= 4 is 5.69 Å². The van der Waals surface area contributed by atoms with Crippen molar-refractivity contribution in [1.29, 1.82) is 0 Å². The van der Waals surface area contributed by atoms with Gasteiger partial charge in [-0.05, 0) is 87.3 Å². The van der Waals surface area contributed by atoms with E-state index in [0.717, 1.165) is 50.9 Å². The summed E-state index contributed by atoms with van der Waals surface area (Å²) in [4.78, 5) is 2.47. The van der Waals surface area contributed by atoms with Gasteiger partial charge in [0.1, 0.15) is 5.75 Å². The molecule has 3 rings (SSSR count). The molecule has 3 N–H and O–H groups in total. The van der Waals surface area contributed by atoms with Crippen molar-refractivity contribution < 1.29 is 19.7 Å². The van der Waals surface area contributed by atoms with E-state index in [0.29, 0.717) is 24.8 Å². The summed E-state index contributed by atoms with van der Waals surface area (Å²) in [6.45, 7) is 6.96. The summed E-state index contributed by atoms with van der Waals surface area (Å²) in [6.07, 6.45) is 7.33. The third kappa shape index (κ3) is 9.45. The van der Waals surface area contributed by atoms with E-state index in [9.17, 15) is 10.2 Å². The second kappa shape index (κ2) is 15.1. The summed E-state index contributed by atoms with van der Waals surface area (Å²) < 4.78 is 10.9. The van der Waals surface area contributed by atoms with E-state index in [1.165, 1.54) is 37.2 Å². The van der Waals surface area contributed by atoms with Gasteiger partial charge in [-0.15, -0.1) is 0 Å². The molecule has 2 unspecified atom stereocenters. The molecule has 1 aliphatic heterocycles. The predicted molar refractivity (Wildman–Crippen MR) is 142 cm³/mol. The van der Waals surface area contributed by atoms with Crippen LogP contribution in [0.15, 0.2) is 42.5 Å². The Morgan fingerprint density at radius 3 is 2.49 bits per heavy atom. The molecular formula is C29H44N2O4. The summed E-state index contributed by atoms with van der Waals surface area (Å²) in [5, 5.41) is 23.8. The minimum Gasteiger partial charge on any atom is -0.508 e. The van der Waals surface area contributed by atoms with Crippen molar-refractivity contribution in [2.45, 2.75) is 70.6 Å². The third-order valence-electron chi connectivity index (χ3n) is 6.79. The van der Waals surface area contributed by atoms with Gasteiger partial charge in [0.15, 0.2) is 0 Å². The van der Waals surface area contributed by atoms with E-state index in [4.69, 9.17) is 9.47 Å². The average molecular weight is 485 g/mol. The van der Waals surface area contributed by atoms with Crippen molar-refractivity contribution in [3.05, 3.63) is 59.2 Å². The zero-order chi connectivity index (χ0) is 24.9. The van der Waals surface area contributed by atoms with Gasteiger partial charge in [0.05, 0.1) is 12.7 Å². The minimum atomic E-state index is -0.617. The number of methoxy groups -OCH3 is 1. The molecule has 194 valence electrons. The van der Waals surface area contributed by atoms with Crippen LogP contribution in [0.5, 0.6) is 5.75 Å². The number of aliphatic hydroxyl groups is 1. The van der Waals surface area contributed by atoms with Crippen LogP contribution >= 0.6 is 0 Å². The lowest BCUT2D eigenvalue weighted by atomic mass is 10.0. The maximum Gasteiger partial charge on any atom is 0.121 e. The van der Waals surface area contributed by atoms with E-state index in [1.54, 1.807) is 25.3 Å². The monoisotopic (exact) mass is 484 g/mol. The third-order valence-corrected chi connectivity index (χ3v) is 6.79. The Kier molecular flexibility index (Phi) is 11.8. The molecule has 6 heteroatoms. The van der Waals surface area contributed by atoms with Crippen LogP contribution in [0.1, 0.15) is 68.2 Å². The van der Waals surface area contributed by atoms with Crippen LogP contribution in [-0.2, 0) is 22.5 Å². The highest BCUT2D eigenvalue weighted by Gasteiger charge is 2.13. The molecule has 0 spiro atoms. The van der Waals surface area contributed by atoms with Crippen LogP contribution in [0.25, 0.3) is 0 Å². The van der Waals surface area contributed by atoms with E-state index < -0.39 is 6.10 Å². The number of hydrogen-bond acceptors (Lipinski definition) is 6. The number of hydrogen-bond donors (Lipinski definition) is 3. The number of ether oxygens (including phenoxy) is 2. The van der Waals surface area contributed by atoms with Crippen LogP contribution in [-0.4, -0.2) is 56.2 Å². The first kappa shape index (κ1) is 27.5. The van der Waals surface area contributed by atoms with Crippen LogP contribution in [0.2, 0.25) is 0 Å². The first-order valence-corrected chi connectivity index (χ1v) is 13.2. The molecule has 2 aromatic rings. The number of unbranched alkanes of at least 4 members (excludes halogenated alkanes) is 1. The largest absolute Gasteiger partial charge is 0.508 e. The number of nitrogens with one attached hydrogen (secondary N) is 1. The predicted octanol–water partition coefficient (Wildman–Crippen LogP) is 4.97. The van der Waals surface area contributed by atoms with E-state index in [2.05, 4.69) is 41.4 Å². The van der Waals surface area contributed by atoms with E-state index in [1.807, 2.05) is 0 Å². The van der Waals surface area contributed by atoms with Gasteiger partial charge in [0.2, 0.25) is 0 Å². The molecule has 0 aliphatic carbocycles. The number of benzene rings is 2. The Morgan fingerprint density at radius 1 is 1.00 bits per heavy atom. The molecule has 0 aromatic heterocycles. The Balaban J connectivity index is 1.20. The maximum atomic E-state index is 10.5. The molecule has 6 nitrogen and oxygen atoms in total. The quantitative estimate of drug-likeness (QED) is 0.292. The molecule has 0 amide bonds. The maximum absolute atomic E-state index is 10.5. The van der Waals surface area contributed by atoms with Gasteiger partial charge in [-0.2, -0.15) is 0 Å². The van der Waals surface area contributed by atoms with Crippen molar-refractivity contribution in [3.8, 4) is 5.75 Å². The first-order valence-electron chi connectivity index (χ1n) is 13.2. The van der Waals surface area contributed by atoms with Crippen molar-refractivity contribution in [2.24, 2.45) is 0 Å². The highest BCUT2D eigenvalue weighted by atomic mass is 16.5. The summed E-state index contributed by atoms with van der Waals surface area (Å²) in [5.74, 6) is 0.193. The Labute approximate surface area is 211 Å². The smallest absolute Gasteiger partial charge is 0.121 e. The lowest BCUT2D eigenvalue weighted by molar-refractivity contribution is 0.127. The van der Waals surface area contributed by atoms with Crippen molar-refractivity contribution in [3.63, 3.8) is 0 Å². The number of aliphatic hydroxyl groups excluding tert-OH is 1. The molecule has 2 atom stereocenters. The van der Waals surface area contributed by atoms with Crippen molar-refractivity contribution in [2.75, 3.05) is 44.9 Å². The summed E-state index contributed by atoms with van der Waals surface area (Å²) in [5.41, 5.74) is 4.22. The zero-order valence-electron chi connectivity index (χ0n) is 21.5. The molecule has 1 fully saturated rings. The van der Waals surface area contributed by atoms with E-state index >= 15 is 0 Å². The molecule has 1 saturated heterocycles. The first-order chi connectivity index (χ1) is 17.1. The number of aryl methyl sites for hydroxylation is 1. The summed E-state index contributed by atoms with van der Waals surface area (Å²) in [6, 6.07) is 14.5. The molecule has 1 aliphatic rings. The van der Waals surface area contributed by atoms with Gasteiger partial charge in [0, 0.05) is 57.3 Å². The highest BCUT2D eigenvalue weighted by Crippen LogP contribution is 2.23. The van der Waals surface area contributed by atoms with Gasteiger partial charge >= 0.3 is 0 Å². The summed E-state index contributed by atoms with van der Waals surface area (Å²) >= 11 is 0. The molecule has 0 bridgehead atoms. The minimum absolute atomic E-state index is 0.193. The second-order valence-corrected chi connectivity index (χ2v) is 9.72. The zero-order valence-corrected chi connectivity index (χ0v) is 21.5. The average Bonchev–Trinajstić information content (AvgIpc) is 3.41. The normalized spacial score (nSPS) is 15.5. The van der Waals surface area contributed by atoms with Crippen LogP contribution in [0, 0.1) is 0 Å². The van der Waals surface area contributed by atoms with Gasteiger partial charge in [0.25, 0.3) is 0 Å². The van der Waals surface area contributed by atoms with Gasteiger partial charge < -0.3 is 29.9 Å². The molecule has 0 saturated carbocycles. The number of anilines is 1. The number of phenolic OH excluding ortho intramolecular Hbond substituents is 1. The Hall–Kier alpha value is -2.12. The number of rotatable bonds is 16. The Bertz CT molecular complexity index is 852. The molecule has 2 aromatic carbocycles. The van der Waals surface area contributed by atoms with Crippen LogP contribution in [0.3, 0.4) is 0 Å². The number of phenols is 1. The molecule has 1 heterocycles. The lowest BCUT2D eigenvalue weighted by Gasteiger charge is -2.18. The standard InChI is InChI=1S/C29H44N2O4/c1-23(30-21-29(33)25-12-15-28(32)26(20-25)22-34-2)8-3-6-18-35-19-7-9-24-10-13-27(14-11-24)31-16-4-5-17-31/h10-15,20,23,29-30,32-33H,3-9,16-19,21-22H2,1-2H3. The number of nitrogens with zero attached hydrogens (tertiary/aromatic N) is 1. The van der Waals surface area contributed by atoms with Crippen molar-refractivity contribution in [1.82, 2.24) is 5.32 Å². The second-order valence-electron chi connectivity index (χ2n) is 9.72. The molecule has 0 radical (unpaired) electrons. The Morgan fingerprint density at radius 2 is 1.74 bits per heavy atom. The number of aromatic hydroxyl groups is 1. The van der Waals surface area contributed by atoms with Crippen LogP contribution < -0.4 is 10.2 Å². The van der Waals surface area contributed by atoms with E-state index in [-0.39, 0.29) is 5.75 Å². The fourth-order valence-corrected chi connectivity index (χ4v) is 4.60. The fraction of sp³-hybridized carbons (Fsp3) is 0.586. The summed E-state index contributed by atoms with van der Waals surface area (Å²) in [7, 11) is 1.59.